The molecule has 0 aliphatic carbocycles. The van der Waals surface area contributed by atoms with Crippen LogP contribution in [0.3, 0.4) is 0 Å². The third-order valence-corrected chi connectivity index (χ3v) is 3.48. The minimum absolute atomic E-state index is 0.0833. The Balaban J connectivity index is 2.74. The van der Waals surface area contributed by atoms with Crippen LogP contribution in [-0.2, 0) is 0 Å². The molecule has 0 aliphatic rings. The molecule has 0 fully saturated rings. The zero-order valence-corrected chi connectivity index (χ0v) is 12.7. The van der Waals surface area contributed by atoms with Crippen LogP contribution in [0.5, 0.6) is 0 Å². The van der Waals surface area contributed by atoms with E-state index in [1.54, 1.807) is 19.3 Å². The number of carbonyl (C=O) groups excluding carboxylic acids is 1. The van der Waals surface area contributed by atoms with Crippen LogP contribution in [0.4, 0.5) is 5.82 Å². The van der Waals surface area contributed by atoms with E-state index in [4.69, 9.17) is 0 Å². The molecule has 0 saturated heterocycles. The molecule has 1 heterocycles. The van der Waals surface area contributed by atoms with E-state index >= 15 is 0 Å². The van der Waals surface area contributed by atoms with E-state index in [-0.39, 0.29) is 5.91 Å². The molecule has 4 nitrogen and oxygen atoms in total. The van der Waals surface area contributed by atoms with E-state index in [9.17, 15) is 4.79 Å². The zero-order valence-electron chi connectivity index (χ0n) is 11.1. The number of aromatic nitrogens is 1. The van der Waals surface area contributed by atoms with E-state index in [2.05, 4.69) is 45.4 Å². The largest absolute Gasteiger partial charge is 0.372 e. The second kappa shape index (κ2) is 7.36. The van der Waals surface area contributed by atoms with Crippen molar-refractivity contribution in [1.82, 2.24) is 10.3 Å². The van der Waals surface area contributed by atoms with Gasteiger partial charge in [-0.3, -0.25) is 4.79 Å². The summed E-state index contributed by atoms with van der Waals surface area (Å²) in [5.74, 6) is 1.05. The molecule has 100 valence electrons. The van der Waals surface area contributed by atoms with Crippen LogP contribution < -0.4 is 10.6 Å². The first-order chi connectivity index (χ1) is 8.62. The number of carbonyl (C=O) groups is 1. The molecule has 1 aromatic rings. The summed E-state index contributed by atoms with van der Waals surface area (Å²) in [4.78, 5) is 16.3. The number of amides is 1. The van der Waals surface area contributed by atoms with Crippen molar-refractivity contribution in [2.45, 2.75) is 26.7 Å². The van der Waals surface area contributed by atoms with Crippen LogP contribution in [0.25, 0.3) is 0 Å². The topological polar surface area (TPSA) is 54.0 Å². The van der Waals surface area contributed by atoms with Crippen molar-refractivity contribution >= 4 is 27.7 Å². The zero-order chi connectivity index (χ0) is 13.5. The molecular weight excluding hydrogens is 294 g/mol. The van der Waals surface area contributed by atoms with Crippen LogP contribution in [-0.4, -0.2) is 24.5 Å². The van der Waals surface area contributed by atoms with Crippen molar-refractivity contribution in [2.24, 2.45) is 5.92 Å². The van der Waals surface area contributed by atoms with Gasteiger partial charge in [-0.2, -0.15) is 0 Å². The van der Waals surface area contributed by atoms with Gasteiger partial charge >= 0.3 is 0 Å². The molecule has 2 N–H and O–H groups in total. The average Bonchev–Trinajstić information content (AvgIpc) is 2.39. The van der Waals surface area contributed by atoms with Gasteiger partial charge in [-0.25, -0.2) is 4.98 Å². The second-order valence-electron chi connectivity index (χ2n) is 4.19. The van der Waals surface area contributed by atoms with Crippen LogP contribution in [0.2, 0.25) is 0 Å². The molecule has 1 aromatic heterocycles. The van der Waals surface area contributed by atoms with Gasteiger partial charge in [-0.05, 0) is 27.9 Å². The van der Waals surface area contributed by atoms with Gasteiger partial charge in [0.25, 0.3) is 5.91 Å². The molecular formula is C13H20BrN3O. The Morgan fingerprint density at radius 1 is 1.44 bits per heavy atom. The van der Waals surface area contributed by atoms with Crippen molar-refractivity contribution in [2.75, 3.05) is 18.9 Å². The molecule has 0 bridgehead atoms. The summed E-state index contributed by atoms with van der Waals surface area (Å²) >= 11 is 3.33. The fourth-order valence-corrected chi connectivity index (χ4v) is 2.05. The fraction of sp³-hybridized carbons (Fsp3) is 0.538. The average molecular weight is 314 g/mol. The number of hydrogen-bond acceptors (Lipinski definition) is 3. The lowest BCUT2D eigenvalue weighted by atomic mass is 10.0. The van der Waals surface area contributed by atoms with Gasteiger partial charge in [-0.1, -0.05) is 26.7 Å². The number of hydrogen-bond donors (Lipinski definition) is 2. The molecule has 0 saturated carbocycles. The first-order valence-corrected chi connectivity index (χ1v) is 7.03. The van der Waals surface area contributed by atoms with Crippen molar-refractivity contribution < 1.29 is 4.79 Å². The molecule has 0 atom stereocenters. The summed E-state index contributed by atoms with van der Waals surface area (Å²) in [6, 6.07) is 1.78. The number of pyridine rings is 1. The minimum Gasteiger partial charge on any atom is -0.372 e. The molecule has 0 spiro atoms. The van der Waals surface area contributed by atoms with Gasteiger partial charge in [0.2, 0.25) is 0 Å². The maximum atomic E-state index is 12.1. The smallest absolute Gasteiger partial charge is 0.255 e. The second-order valence-corrected chi connectivity index (χ2v) is 5.11. The summed E-state index contributed by atoms with van der Waals surface area (Å²) in [6.45, 7) is 4.99. The highest BCUT2D eigenvalue weighted by Gasteiger charge is 2.13. The fourth-order valence-electron chi connectivity index (χ4n) is 1.72. The molecule has 18 heavy (non-hydrogen) atoms. The molecule has 1 amide bonds. The number of anilines is 1. The van der Waals surface area contributed by atoms with Crippen molar-refractivity contribution in [3.05, 3.63) is 22.3 Å². The summed E-state index contributed by atoms with van der Waals surface area (Å²) in [5.41, 5.74) is 0.567. The first-order valence-electron chi connectivity index (χ1n) is 6.23. The highest BCUT2D eigenvalue weighted by atomic mass is 79.9. The Labute approximate surface area is 117 Å². The maximum absolute atomic E-state index is 12.1. The van der Waals surface area contributed by atoms with E-state index in [1.807, 2.05) is 0 Å². The van der Waals surface area contributed by atoms with Crippen LogP contribution in [0.15, 0.2) is 16.7 Å². The maximum Gasteiger partial charge on any atom is 0.255 e. The molecule has 5 heteroatoms. The molecule has 0 radical (unpaired) electrons. The minimum atomic E-state index is -0.0833. The van der Waals surface area contributed by atoms with Gasteiger partial charge in [-0.15, -0.1) is 0 Å². The molecule has 1 rings (SSSR count). The van der Waals surface area contributed by atoms with Crippen LogP contribution >= 0.6 is 15.9 Å². The lowest BCUT2D eigenvalue weighted by Gasteiger charge is -2.14. The Kier molecular flexibility index (Phi) is 6.12. The van der Waals surface area contributed by atoms with Crippen molar-refractivity contribution in [3.8, 4) is 0 Å². The molecule has 0 unspecified atom stereocenters. The summed E-state index contributed by atoms with van der Waals surface area (Å²) < 4.78 is 0.800. The Morgan fingerprint density at radius 3 is 2.67 bits per heavy atom. The SMILES string of the molecule is CCC(CC)CNC(=O)c1cc(Br)cnc1NC. The first kappa shape index (κ1) is 15.0. The van der Waals surface area contributed by atoms with Gasteiger partial charge in [0.1, 0.15) is 5.82 Å². The summed E-state index contributed by atoms with van der Waals surface area (Å²) in [5, 5.41) is 5.89. The normalized spacial score (nSPS) is 10.5. The quantitative estimate of drug-likeness (QED) is 0.848. The van der Waals surface area contributed by atoms with E-state index in [0.717, 1.165) is 17.3 Å². The van der Waals surface area contributed by atoms with E-state index < -0.39 is 0 Å². The summed E-state index contributed by atoms with van der Waals surface area (Å²) in [7, 11) is 1.76. The third-order valence-electron chi connectivity index (χ3n) is 3.04. The van der Waals surface area contributed by atoms with E-state index in [1.165, 1.54) is 0 Å². The summed E-state index contributed by atoms with van der Waals surface area (Å²) in [6.07, 6.45) is 3.82. The van der Waals surface area contributed by atoms with Crippen LogP contribution in [0, 0.1) is 5.92 Å². The lowest BCUT2D eigenvalue weighted by Crippen LogP contribution is -2.29. The Morgan fingerprint density at radius 2 is 2.11 bits per heavy atom. The van der Waals surface area contributed by atoms with Crippen LogP contribution in [0.1, 0.15) is 37.0 Å². The monoisotopic (exact) mass is 313 g/mol. The van der Waals surface area contributed by atoms with Gasteiger partial charge in [0.05, 0.1) is 5.56 Å². The standard InChI is InChI=1S/C13H20BrN3O/c1-4-9(5-2)7-17-13(18)11-6-10(14)8-16-12(11)15-3/h6,8-9H,4-5,7H2,1-3H3,(H,15,16)(H,17,18). The predicted octanol–water partition coefficient (Wildman–Crippen LogP) is 3.05. The molecule has 0 aromatic carbocycles. The predicted molar refractivity (Wildman–Crippen MR) is 77.9 cm³/mol. The highest BCUT2D eigenvalue weighted by molar-refractivity contribution is 9.10. The van der Waals surface area contributed by atoms with Crippen molar-refractivity contribution in [1.29, 1.82) is 0 Å². The third kappa shape index (κ3) is 3.98. The number of nitrogens with zero attached hydrogens (tertiary/aromatic N) is 1. The Bertz CT molecular complexity index is 405. The van der Waals surface area contributed by atoms with Crippen molar-refractivity contribution in [3.63, 3.8) is 0 Å². The molecule has 0 aliphatic heterocycles. The van der Waals surface area contributed by atoms with Gasteiger partial charge in [0.15, 0.2) is 0 Å². The Hall–Kier alpha value is -1.10. The van der Waals surface area contributed by atoms with E-state index in [0.29, 0.717) is 23.8 Å². The van der Waals surface area contributed by atoms with Gasteiger partial charge < -0.3 is 10.6 Å². The number of halogens is 1. The number of nitrogens with one attached hydrogen (secondary N) is 2. The highest BCUT2D eigenvalue weighted by Crippen LogP contribution is 2.17. The van der Waals surface area contributed by atoms with Gasteiger partial charge in [0, 0.05) is 24.3 Å². The lowest BCUT2D eigenvalue weighted by molar-refractivity contribution is 0.0947. The number of rotatable bonds is 6.